The molecule has 3 N–H and O–H groups in total. The van der Waals surface area contributed by atoms with Gasteiger partial charge in [-0.1, -0.05) is 18.2 Å². The number of aryl methyl sites for hydroxylation is 1. The number of benzene rings is 1. The van der Waals surface area contributed by atoms with Crippen LogP contribution in [0.5, 0.6) is 0 Å². The van der Waals surface area contributed by atoms with Crippen molar-refractivity contribution in [1.82, 2.24) is 15.2 Å². The largest absolute Gasteiger partial charge is 0.271 e. The summed E-state index contributed by atoms with van der Waals surface area (Å²) in [7, 11) is 0. The van der Waals surface area contributed by atoms with Crippen molar-refractivity contribution in [2.75, 3.05) is 6.54 Å². The zero-order chi connectivity index (χ0) is 10.7. The third-order valence-electron chi connectivity index (χ3n) is 2.54. The molecule has 4 nitrogen and oxygen atoms in total. The predicted octanol–water partition coefficient (Wildman–Crippen LogP) is 1.06. The van der Waals surface area contributed by atoms with Crippen LogP contribution in [0.3, 0.4) is 0 Å². The van der Waals surface area contributed by atoms with Gasteiger partial charge in [-0.25, -0.2) is 0 Å². The van der Waals surface area contributed by atoms with E-state index in [1.54, 1.807) is 0 Å². The molecule has 0 aliphatic heterocycles. The third kappa shape index (κ3) is 1.86. The van der Waals surface area contributed by atoms with E-state index < -0.39 is 0 Å². The molecule has 2 aromatic rings. The van der Waals surface area contributed by atoms with Crippen LogP contribution in [0.25, 0.3) is 10.9 Å². The Balaban J connectivity index is 2.45. The van der Waals surface area contributed by atoms with E-state index in [1.807, 2.05) is 16.8 Å². The molecule has 0 saturated heterocycles. The van der Waals surface area contributed by atoms with E-state index in [1.165, 1.54) is 10.9 Å². The highest BCUT2D eigenvalue weighted by molar-refractivity contribution is 5.81. The van der Waals surface area contributed by atoms with E-state index in [0.29, 0.717) is 0 Å². The van der Waals surface area contributed by atoms with Crippen LogP contribution in [-0.2, 0) is 13.0 Å². The zero-order valence-electron chi connectivity index (χ0n) is 8.90. The monoisotopic (exact) mass is 204 g/mol. The number of nitrogens with one attached hydrogen (secondary N) is 1. The summed E-state index contributed by atoms with van der Waals surface area (Å²) in [6.45, 7) is 3.76. The first kappa shape index (κ1) is 10.1. The van der Waals surface area contributed by atoms with Crippen molar-refractivity contribution in [3.05, 3.63) is 30.0 Å². The number of fused-ring (bicyclic) bond motifs is 1. The molecule has 1 aromatic heterocycles. The van der Waals surface area contributed by atoms with Crippen LogP contribution in [0.1, 0.15) is 12.6 Å². The number of rotatable bonds is 4. The standard InChI is InChI=1S/C11H16N4/c1-2-15-11-6-4-3-5-9(11)10(14-15)7-8-13-12/h3-6,13H,2,7-8,12H2,1H3. The predicted molar refractivity (Wildman–Crippen MR) is 61.3 cm³/mol. The summed E-state index contributed by atoms with van der Waals surface area (Å²) in [5.74, 6) is 5.28. The lowest BCUT2D eigenvalue weighted by Gasteiger charge is -1.95. The van der Waals surface area contributed by atoms with Crippen molar-refractivity contribution in [3.63, 3.8) is 0 Å². The fourth-order valence-electron chi connectivity index (χ4n) is 1.81. The molecule has 0 unspecified atom stereocenters. The molecule has 0 aliphatic rings. The Morgan fingerprint density at radius 1 is 1.40 bits per heavy atom. The average Bonchev–Trinajstić information content (AvgIpc) is 2.65. The lowest BCUT2D eigenvalue weighted by Crippen LogP contribution is -2.24. The van der Waals surface area contributed by atoms with Crippen molar-refractivity contribution in [2.24, 2.45) is 5.84 Å². The summed E-state index contributed by atoms with van der Waals surface area (Å²) in [5, 5.41) is 5.80. The van der Waals surface area contributed by atoms with E-state index in [-0.39, 0.29) is 0 Å². The third-order valence-corrected chi connectivity index (χ3v) is 2.54. The molecule has 0 spiro atoms. The highest BCUT2D eigenvalue weighted by Gasteiger charge is 2.07. The maximum Gasteiger partial charge on any atom is 0.0716 e. The van der Waals surface area contributed by atoms with E-state index >= 15 is 0 Å². The van der Waals surface area contributed by atoms with Gasteiger partial charge in [-0.05, 0) is 13.0 Å². The molecule has 4 heteroatoms. The lowest BCUT2D eigenvalue weighted by molar-refractivity contribution is 0.652. The summed E-state index contributed by atoms with van der Waals surface area (Å²) in [4.78, 5) is 0. The Morgan fingerprint density at radius 2 is 2.20 bits per heavy atom. The maximum absolute atomic E-state index is 5.28. The second-order valence-electron chi connectivity index (χ2n) is 3.48. The summed E-state index contributed by atoms with van der Waals surface area (Å²) in [5.41, 5.74) is 4.98. The van der Waals surface area contributed by atoms with Gasteiger partial charge < -0.3 is 0 Å². The van der Waals surface area contributed by atoms with Gasteiger partial charge in [0.2, 0.25) is 0 Å². The number of hydrazine groups is 1. The molecule has 1 heterocycles. The minimum atomic E-state index is 0.755. The molecule has 0 atom stereocenters. The number of hydrogen-bond donors (Lipinski definition) is 2. The van der Waals surface area contributed by atoms with E-state index in [0.717, 1.165) is 25.2 Å². The molecule has 0 aliphatic carbocycles. The minimum Gasteiger partial charge on any atom is -0.271 e. The second-order valence-corrected chi connectivity index (χ2v) is 3.48. The second kappa shape index (κ2) is 4.42. The van der Waals surface area contributed by atoms with E-state index in [9.17, 15) is 0 Å². The first-order valence-corrected chi connectivity index (χ1v) is 5.24. The molecule has 0 radical (unpaired) electrons. The quantitative estimate of drug-likeness (QED) is 0.578. The van der Waals surface area contributed by atoms with Crippen molar-refractivity contribution >= 4 is 10.9 Å². The normalized spacial score (nSPS) is 11.1. The first-order valence-electron chi connectivity index (χ1n) is 5.24. The average molecular weight is 204 g/mol. The van der Waals surface area contributed by atoms with Gasteiger partial charge in [0, 0.05) is 24.9 Å². The van der Waals surface area contributed by atoms with Gasteiger partial charge in [0.15, 0.2) is 0 Å². The molecule has 0 bridgehead atoms. The number of hydrogen-bond acceptors (Lipinski definition) is 3. The van der Waals surface area contributed by atoms with Gasteiger partial charge >= 0.3 is 0 Å². The van der Waals surface area contributed by atoms with Crippen molar-refractivity contribution in [1.29, 1.82) is 0 Å². The molecule has 0 saturated carbocycles. The van der Waals surface area contributed by atoms with Crippen molar-refractivity contribution < 1.29 is 0 Å². The Bertz CT molecular complexity index is 447. The van der Waals surface area contributed by atoms with Crippen molar-refractivity contribution in [2.45, 2.75) is 19.9 Å². The first-order chi connectivity index (χ1) is 7.36. The Hall–Kier alpha value is -1.39. The summed E-state index contributed by atoms with van der Waals surface area (Å²) in [6, 6.07) is 8.30. The van der Waals surface area contributed by atoms with Gasteiger partial charge in [-0.15, -0.1) is 0 Å². The maximum atomic E-state index is 5.28. The van der Waals surface area contributed by atoms with Crippen LogP contribution in [0, 0.1) is 0 Å². The molecular formula is C11H16N4. The van der Waals surface area contributed by atoms with Gasteiger partial charge in [-0.3, -0.25) is 16.0 Å². The molecule has 0 amide bonds. The van der Waals surface area contributed by atoms with Crippen molar-refractivity contribution in [3.8, 4) is 0 Å². The molecule has 80 valence electrons. The SMILES string of the molecule is CCn1nc(CCNN)c2ccccc21. The number of para-hydroxylation sites is 1. The molecule has 0 fully saturated rings. The van der Waals surface area contributed by atoms with Crippen LogP contribution in [0.2, 0.25) is 0 Å². The number of aromatic nitrogens is 2. The lowest BCUT2D eigenvalue weighted by atomic mass is 10.2. The van der Waals surface area contributed by atoms with Gasteiger partial charge in [0.1, 0.15) is 0 Å². The van der Waals surface area contributed by atoms with Gasteiger partial charge in [-0.2, -0.15) is 5.10 Å². The molecular weight excluding hydrogens is 188 g/mol. The summed E-state index contributed by atoms with van der Waals surface area (Å²) >= 11 is 0. The minimum absolute atomic E-state index is 0.755. The highest BCUT2D eigenvalue weighted by Crippen LogP contribution is 2.18. The smallest absolute Gasteiger partial charge is 0.0716 e. The van der Waals surface area contributed by atoms with Crippen LogP contribution < -0.4 is 11.3 Å². The van der Waals surface area contributed by atoms with Gasteiger partial charge in [0.05, 0.1) is 11.2 Å². The number of nitrogens with zero attached hydrogens (tertiary/aromatic N) is 2. The Labute approximate surface area is 89.0 Å². The number of nitrogens with two attached hydrogens (primary N) is 1. The van der Waals surface area contributed by atoms with E-state index in [4.69, 9.17) is 5.84 Å². The van der Waals surface area contributed by atoms with Crippen LogP contribution in [0.4, 0.5) is 0 Å². The Morgan fingerprint density at radius 3 is 2.93 bits per heavy atom. The van der Waals surface area contributed by atoms with E-state index in [2.05, 4.69) is 29.6 Å². The zero-order valence-corrected chi connectivity index (χ0v) is 8.90. The summed E-state index contributed by atoms with van der Waals surface area (Å²) in [6.07, 6.45) is 0.865. The van der Waals surface area contributed by atoms with Crippen LogP contribution in [-0.4, -0.2) is 16.3 Å². The fourth-order valence-corrected chi connectivity index (χ4v) is 1.81. The van der Waals surface area contributed by atoms with Gasteiger partial charge in [0.25, 0.3) is 0 Å². The Kier molecular flexibility index (Phi) is 2.99. The molecule has 1 aromatic carbocycles. The summed E-state index contributed by atoms with van der Waals surface area (Å²) < 4.78 is 2.03. The molecule has 15 heavy (non-hydrogen) atoms. The van der Waals surface area contributed by atoms with Crippen LogP contribution in [0.15, 0.2) is 24.3 Å². The molecule has 2 rings (SSSR count). The highest BCUT2D eigenvalue weighted by atomic mass is 15.3. The topological polar surface area (TPSA) is 55.9 Å². The van der Waals surface area contributed by atoms with Crippen LogP contribution >= 0.6 is 0 Å². The fraction of sp³-hybridized carbons (Fsp3) is 0.364.